The Morgan fingerprint density at radius 2 is 2.62 bits per heavy atom. The Kier molecular flexibility index (Phi) is 4.20. The fourth-order valence-electron chi connectivity index (χ4n) is 1.53. The fourth-order valence-corrected chi connectivity index (χ4v) is 3.47. The van der Waals surface area contributed by atoms with Crippen molar-refractivity contribution in [1.29, 1.82) is 0 Å². The Bertz CT molecular complexity index is 361. The zero-order valence-corrected chi connectivity index (χ0v) is 10.4. The molecule has 1 N–H and O–H groups in total. The van der Waals surface area contributed by atoms with Crippen molar-refractivity contribution in [3.63, 3.8) is 0 Å². The van der Waals surface area contributed by atoms with E-state index < -0.39 is 5.97 Å². The van der Waals surface area contributed by atoms with Gasteiger partial charge in [-0.3, -0.25) is 4.79 Å². The molecule has 1 fully saturated rings. The van der Waals surface area contributed by atoms with Gasteiger partial charge in [-0.25, -0.2) is 4.98 Å². The summed E-state index contributed by atoms with van der Waals surface area (Å²) < 4.78 is 6.44. The molecule has 1 saturated heterocycles. The molecule has 0 aliphatic carbocycles. The average Bonchev–Trinajstić information content (AvgIpc) is 2.84. The smallest absolute Gasteiger partial charge is 0.309 e. The molecule has 0 saturated carbocycles. The van der Waals surface area contributed by atoms with E-state index >= 15 is 0 Å². The zero-order valence-electron chi connectivity index (χ0n) is 8.72. The highest BCUT2D eigenvalue weighted by molar-refractivity contribution is 8.01. The van der Waals surface area contributed by atoms with Crippen LogP contribution in [-0.4, -0.2) is 34.5 Å². The Labute approximate surface area is 102 Å². The molecule has 0 bridgehead atoms. The van der Waals surface area contributed by atoms with Crippen LogP contribution < -0.4 is 0 Å². The van der Waals surface area contributed by atoms with Crippen molar-refractivity contribution >= 4 is 29.1 Å². The lowest BCUT2D eigenvalue weighted by atomic mass is 10.3. The molecule has 88 valence electrons. The number of thioether (sulfide) groups is 1. The first-order chi connectivity index (χ1) is 7.74. The summed E-state index contributed by atoms with van der Waals surface area (Å²) in [5.74, 6) is 0.0843. The summed E-state index contributed by atoms with van der Waals surface area (Å²) in [6.45, 7) is 0.868. The van der Waals surface area contributed by atoms with E-state index in [4.69, 9.17) is 9.84 Å². The highest BCUT2D eigenvalue weighted by Gasteiger charge is 2.16. The third-order valence-corrected chi connectivity index (χ3v) is 4.48. The van der Waals surface area contributed by atoms with Gasteiger partial charge in [0.2, 0.25) is 0 Å². The first-order valence-electron chi connectivity index (χ1n) is 5.14. The summed E-state index contributed by atoms with van der Waals surface area (Å²) in [5, 5.41) is 10.4. The summed E-state index contributed by atoms with van der Waals surface area (Å²) in [6, 6.07) is 0. The van der Waals surface area contributed by atoms with Crippen LogP contribution in [0.3, 0.4) is 0 Å². The van der Waals surface area contributed by atoms with E-state index in [1.807, 2.05) is 5.38 Å². The molecule has 1 aromatic rings. The van der Waals surface area contributed by atoms with Gasteiger partial charge in [0.15, 0.2) is 0 Å². The lowest BCUT2D eigenvalue weighted by Crippen LogP contribution is -2.07. The molecule has 0 amide bonds. The molecule has 1 aliphatic heterocycles. The number of rotatable bonds is 5. The molecule has 1 aromatic heterocycles. The highest BCUT2D eigenvalue weighted by atomic mass is 32.2. The topological polar surface area (TPSA) is 59.4 Å². The van der Waals surface area contributed by atoms with Gasteiger partial charge >= 0.3 is 5.97 Å². The number of carboxylic acid groups (broad SMARTS) is 1. The van der Waals surface area contributed by atoms with Crippen LogP contribution in [0.15, 0.2) is 9.72 Å². The normalized spacial score (nSPS) is 20.1. The van der Waals surface area contributed by atoms with Crippen LogP contribution in [0.1, 0.15) is 18.5 Å². The van der Waals surface area contributed by atoms with E-state index in [-0.39, 0.29) is 6.42 Å². The van der Waals surface area contributed by atoms with Gasteiger partial charge in [0, 0.05) is 17.7 Å². The van der Waals surface area contributed by atoms with Crippen LogP contribution in [-0.2, 0) is 16.0 Å². The van der Waals surface area contributed by atoms with E-state index in [0.29, 0.717) is 11.8 Å². The maximum absolute atomic E-state index is 10.5. The Balaban J connectivity index is 1.80. The molecule has 0 spiro atoms. The number of aliphatic carboxylic acids is 1. The third-order valence-electron chi connectivity index (χ3n) is 2.28. The summed E-state index contributed by atoms with van der Waals surface area (Å²) in [5.41, 5.74) is 0.646. The van der Waals surface area contributed by atoms with Crippen molar-refractivity contribution in [3.05, 3.63) is 11.1 Å². The molecule has 1 aliphatic rings. The standard InChI is InChI=1S/C10H13NO3S2/c12-9(13)4-7-5-15-10(11-7)16-6-8-2-1-3-14-8/h5,8H,1-4,6H2,(H,12,13). The van der Waals surface area contributed by atoms with Gasteiger partial charge in [0.25, 0.3) is 0 Å². The molecule has 1 unspecified atom stereocenters. The minimum absolute atomic E-state index is 0.0109. The molecule has 6 heteroatoms. The third kappa shape index (κ3) is 3.47. The second kappa shape index (κ2) is 5.65. The molecule has 2 heterocycles. The van der Waals surface area contributed by atoms with Gasteiger partial charge < -0.3 is 9.84 Å². The quantitative estimate of drug-likeness (QED) is 0.820. The first kappa shape index (κ1) is 11.9. The SMILES string of the molecule is O=C(O)Cc1csc(SCC2CCCO2)n1. The maximum atomic E-state index is 10.5. The van der Waals surface area contributed by atoms with Gasteiger partial charge in [0.05, 0.1) is 18.2 Å². The van der Waals surface area contributed by atoms with Crippen LogP contribution >= 0.6 is 23.1 Å². The molecule has 4 nitrogen and oxygen atoms in total. The van der Waals surface area contributed by atoms with E-state index in [0.717, 1.165) is 29.5 Å². The number of ether oxygens (including phenoxy) is 1. The van der Waals surface area contributed by atoms with Crippen LogP contribution in [0.2, 0.25) is 0 Å². The average molecular weight is 259 g/mol. The molecule has 0 aromatic carbocycles. The predicted octanol–water partition coefficient (Wildman–Crippen LogP) is 2.04. The number of carbonyl (C=O) groups is 1. The van der Waals surface area contributed by atoms with E-state index in [1.165, 1.54) is 11.3 Å². The highest BCUT2D eigenvalue weighted by Crippen LogP contribution is 2.26. The van der Waals surface area contributed by atoms with Crippen molar-refractivity contribution in [2.75, 3.05) is 12.4 Å². The molecule has 1 atom stereocenters. The monoisotopic (exact) mass is 259 g/mol. The summed E-state index contributed by atoms with van der Waals surface area (Å²) in [6.07, 6.45) is 2.63. The van der Waals surface area contributed by atoms with Crippen molar-refractivity contribution in [3.8, 4) is 0 Å². The molecule has 0 radical (unpaired) electrons. The van der Waals surface area contributed by atoms with Crippen LogP contribution in [0.25, 0.3) is 0 Å². The fraction of sp³-hybridized carbons (Fsp3) is 0.600. The number of hydrogen-bond acceptors (Lipinski definition) is 5. The van der Waals surface area contributed by atoms with Gasteiger partial charge in [-0.15, -0.1) is 11.3 Å². The minimum Gasteiger partial charge on any atom is -0.481 e. The van der Waals surface area contributed by atoms with Crippen molar-refractivity contribution < 1.29 is 14.6 Å². The molecular formula is C10H13NO3S2. The van der Waals surface area contributed by atoms with Gasteiger partial charge in [-0.1, -0.05) is 11.8 Å². The maximum Gasteiger partial charge on any atom is 0.309 e. The summed E-state index contributed by atoms with van der Waals surface area (Å²) >= 11 is 3.16. The largest absolute Gasteiger partial charge is 0.481 e. The van der Waals surface area contributed by atoms with Gasteiger partial charge in [-0.2, -0.15) is 0 Å². The van der Waals surface area contributed by atoms with Crippen molar-refractivity contribution in [2.45, 2.75) is 29.7 Å². The van der Waals surface area contributed by atoms with E-state index in [2.05, 4.69) is 4.98 Å². The second-order valence-corrected chi connectivity index (χ2v) is 5.75. The van der Waals surface area contributed by atoms with Crippen LogP contribution in [0.4, 0.5) is 0 Å². The predicted molar refractivity (Wildman–Crippen MR) is 63.2 cm³/mol. The van der Waals surface area contributed by atoms with Crippen molar-refractivity contribution in [2.24, 2.45) is 0 Å². The number of hydrogen-bond donors (Lipinski definition) is 1. The number of aromatic nitrogens is 1. The minimum atomic E-state index is -0.832. The Morgan fingerprint density at radius 1 is 1.75 bits per heavy atom. The first-order valence-corrected chi connectivity index (χ1v) is 7.01. The second-order valence-electron chi connectivity index (χ2n) is 3.62. The number of thiazole rings is 1. The summed E-state index contributed by atoms with van der Waals surface area (Å²) in [7, 11) is 0. The summed E-state index contributed by atoms with van der Waals surface area (Å²) in [4.78, 5) is 14.7. The van der Waals surface area contributed by atoms with Crippen molar-refractivity contribution in [1.82, 2.24) is 4.98 Å². The van der Waals surface area contributed by atoms with Crippen LogP contribution in [0, 0.1) is 0 Å². The molecule has 16 heavy (non-hydrogen) atoms. The zero-order chi connectivity index (χ0) is 11.4. The number of nitrogens with zero attached hydrogens (tertiary/aromatic N) is 1. The Morgan fingerprint density at radius 3 is 3.31 bits per heavy atom. The van der Waals surface area contributed by atoms with Gasteiger partial charge in [-0.05, 0) is 12.8 Å². The van der Waals surface area contributed by atoms with E-state index in [1.54, 1.807) is 11.8 Å². The number of carboxylic acids is 1. The lowest BCUT2D eigenvalue weighted by Gasteiger charge is -2.05. The molecular weight excluding hydrogens is 246 g/mol. The van der Waals surface area contributed by atoms with Crippen LogP contribution in [0.5, 0.6) is 0 Å². The van der Waals surface area contributed by atoms with E-state index in [9.17, 15) is 4.79 Å². The van der Waals surface area contributed by atoms with Gasteiger partial charge in [0.1, 0.15) is 4.34 Å². The molecule has 2 rings (SSSR count). The lowest BCUT2D eigenvalue weighted by molar-refractivity contribution is -0.136. The Hall–Kier alpha value is -0.590.